The van der Waals surface area contributed by atoms with Gasteiger partial charge in [0.2, 0.25) is 0 Å². The van der Waals surface area contributed by atoms with Gasteiger partial charge in [-0.25, -0.2) is 0 Å². The lowest BCUT2D eigenvalue weighted by atomic mass is 10.5. The van der Waals surface area contributed by atoms with Crippen LogP contribution >= 0.6 is 0 Å². The van der Waals surface area contributed by atoms with E-state index in [9.17, 15) is 0 Å². The molecule has 0 unspecified atom stereocenters. The minimum Gasteiger partial charge on any atom is -0.318 e. The van der Waals surface area contributed by atoms with Crippen LogP contribution in [0.15, 0.2) is 12.1 Å². The highest BCUT2D eigenvalue weighted by atomic mass is 15.6. The third kappa shape index (κ3) is 1.98. The van der Waals surface area contributed by atoms with Crippen LogP contribution in [0.25, 0.3) is 0 Å². The largest absolute Gasteiger partial charge is 0.318 e. The molecular weight excluding hydrogens is 192 g/mol. The molecule has 0 fully saturated rings. The number of nitrogens with zero attached hydrogens (tertiary/aromatic N) is 5. The van der Waals surface area contributed by atoms with E-state index in [-0.39, 0.29) is 0 Å². The first-order valence-electron chi connectivity index (χ1n) is 4.78. The average molecular weight is 206 g/mol. The topological polar surface area (TPSA) is 60.6 Å². The van der Waals surface area contributed by atoms with Crippen molar-refractivity contribution in [2.24, 2.45) is 7.05 Å². The first-order valence-corrected chi connectivity index (χ1v) is 4.78. The molecule has 6 nitrogen and oxygen atoms in total. The Labute approximate surface area is 87.9 Å². The molecule has 0 bridgehead atoms. The Morgan fingerprint density at radius 3 is 2.47 bits per heavy atom. The van der Waals surface area contributed by atoms with Crippen LogP contribution in [-0.4, -0.2) is 24.9 Å². The van der Waals surface area contributed by atoms with Crippen LogP contribution in [0.5, 0.6) is 0 Å². The second-order valence-electron chi connectivity index (χ2n) is 3.48. The molecule has 0 amide bonds. The van der Waals surface area contributed by atoms with Gasteiger partial charge in [0, 0.05) is 11.4 Å². The number of nitrogens with one attached hydrogen (secondary N) is 1. The van der Waals surface area contributed by atoms with E-state index in [1.165, 1.54) is 4.80 Å². The van der Waals surface area contributed by atoms with Crippen LogP contribution in [0.3, 0.4) is 0 Å². The van der Waals surface area contributed by atoms with Crippen molar-refractivity contribution in [3.63, 3.8) is 0 Å². The Morgan fingerprint density at radius 2 is 1.93 bits per heavy atom. The number of hydrogen-bond donors (Lipinski definition) is 1. The first-order chi connectivity index (χ1) is 7.16. The molecule has 0 aliphatic heterocycles. The number of tetrazole rings is 1. The van der Waals surface area contributed by atoms with E-state index in [0.29, 0.717) is 12.4 Å². The lowest BCUT2D eigenvalue weighted by Crippen LogP contribution is -2.17. The molecule has 0 saturated heterocycles. The summed E-state index contributed by atoms with van der Waals surface area (Å²) >= 11 is 0. The van der Waals surface area contributed by atoms with E-state index in [1.807, 2.05) is 18.5 Å². The molecule has 0 aromatic carbocycles. The lowest BCUT2D eigenvalue weighted by molar-refractivity contribution is 0.627. The standard InChI is InChI=1S/C9H14N6/c1-7-4-5-8(2)15(7)10-6-9-11-13-14(3)12-9/h4-5,10H,6H2,1-3H3. The maximum atomic E-state index is 4.09. The Kier molecular flexibility index (Phi) is 2.40. The second kappa shape index (κ2) is 3.72. The smallest absolute Gasteiger partial charge is 0.195 e. The van der Waals surface area contributed by atoms with Crippen molar-refractivity contribution in [1.29, 1.82) is 0 Å². The summed E-state index contributed by atoms with van der Waals surface area (Å²) in [5, 5.41) is 11.8. The summed E-state index contributed by atoms with van der Waals surface area (Å²) in [5.74, 6) is 0.685. The zero-order chi connectivity index (χ0) is 10.8. The highest BCUT2D eigenvalue weighted by Gasteiger charge is 2.02. The SMILES string of the molecule is Cc1ccc(C)n1NCc1nnn(C)n1. The van der Waals surface area contributed by atoms with Crippen molar-refractivity contribution in [1.82, 2.24) is 24.9 Å². The van der Waals surface area contributed by atoms with Crippen LogP contribution < -0.4 is 5.43 Å². The number of aromatic nitrogens is 5. The van der Waals surface area contributed by atoms with Crippen molar-refractivity contribution in [3.8, 4) is 0 Å². The molecule has 80 valence electrons. The van der Waals surface area contributed by atoms with Crippen LogP contribution in [0.4, 0.5) is 0 Å². The van der Waals surface area contributed by atoms with E-state index in [2.05, 4.69) is 33.0 Å². The maximum Gasteiger partial charge on any atom is 0.195 e. The van der Waals surface area contributed by atoms with Crippen molar-refractivity contribution < 1.29 is 0 Å². The quantitative estimate of drug-likeness (QED) is 0.788. The Bertz CT molecular complexity index is 435. The van der Waals surface area contributed by atoms with Crippen LogP contribution in [-0.2, 0) is 13.6 Å². The molecule has 6 heteroatoms. The Hall–Kier alpha value is -1.85. The Morgan fingerprint density at radius 1 is 1.27 bits per heavy atom. The van der Waals surface area contributed by atoms with Crippen molar-refractivity contribution in [2.75, 3.05) is 5.43 Å². The molecule has 1 N–H and O–H groups in total. The molecule has 0 saturated carbocycles. The summed E-state index contributed by atoms with van der Waals surface area (Å²) in [4.78, 5) is 1.45. The molecule has 2 aromatic heterocycles. The van der Waals surface area contributed by atoms with Gasteiger partial charge in [-0.1, -0.05) is 0 Å². The minimum absolute atomic E-state index is 0.574. The zero-order valence-electron chi connectivity index (χ0n) is 9.10. The summed E-state index contributed by atoms with van der Waals surface area (Å²) in [5.41, 5.74) is 5.56. The molecule has 0 radical (unpaired) electrons. The van der Waals surface area contributed by atoms with Gasteiger partial charge < -0.3 is 5.43 Å². The van der Waals surface area contributed by atoms with Crippen LogP contribution in [0, 0.1) is 13.8 Å². The Balaban J connectivity index is 2.05. The molecule has 0 spiro atoms. The van der Waals surface area contributed by atoms with E-state index in [4.69, 9.17) is 0 Å². The molecular formula is C9H14N6. The van der Waals surface area contributed by atoms with Gasteiger partial charge in [0.15, 0.2) is 5.82 Å². The molecule has 0 aliphatic carbocycles. The number of aryl methyl sites for hydroxylation is 3. The average Bonchev–Trinajstić information content (AvgIpc) is 2.73. The second-order valence-corrected chi connectivity index (χ2v) is 3.48. The summed E-state index contributed by atoms with van der Waals surface area (Å²) in [6.07, 6.45) is 0. The monoisotopic (exact) mass is 206 g/mol. The van der Waals surface area contributed by atoms with Crippen molar-refractivity contribution in [3.05, 3.63) is 29.3 Å². The molecule has 15 heavy (non-hydrogen) atoms. The first kappa shape index (κ1) is 9.70. The highest BCUT2D eigenvalue weighted by Crippen LogP contribution is 2.04. The fourth-order valence-corrected chi connectivity index (χ4v) is 1.46. The maximum absolute atomic E-state index is 4.09. The highest BCUT2D eigenvalue weighted by molar-refractivity contribution is 5.15. The third-order valence-electron chi connectivity index (χ3n) is 2.22. The lowest BCUT2D eigenvalue weighted by Gasteiger charge is -2.10. The van der Waals surface area contributed by atoms with Crippen LogP contribution in [0.2, 0.25) is 0 Å². The van der Waals surface area contributed by atoms with E-state index in [0.717, 1.165) is 11.4 Å². The molecule has 2 rings (SSSR count). The van der Waals surface area contributed by atoms with Gasteiger partial charge in [0.1, 0.15) is 0 Å². The summed E-state index contributed by atoms with van der Waals surface area (Å²) in [6.45, 7) is 4.67. The molecule has 0 aliphatic rings. The number of rotatable bonds is 3. The summed E-state index contributed by atoms with van der Waals surface area (Å²) in [6, 6.07) is 4.12. The van der Waals surface area contributed by atoms with Crippen LogP contribution in [0.1, 0.15) is 17.2 Å². The van der Waals surface area contributed by atoms with Gasteiger partial charge in [-0.15, -0.1) is 10.2 Å². The van der Waals surface area contributed by atoms with E-state index in [1.54, 1.807) is 7.05 Å². The predicted octanol–water partition coefficient (Wildman–Crippen LogP) is 0.372. The summed E-state index contributed by atoms with van der Waals surface area (Å²) in [7, 11) is 1.75. The fraction of sp³-hybridized carbons (Fsp3) is 0.444. The van der Waals surface area contributed by atoms with E-state index >= 15 is 0 Å². The van der Waals surface area contributed by atoms with Gasteiger partial charge in [0.25, 0.3) is 0 Å². The normalized spacial score (nSPS) is 10.6. The zero-order valence-corrected chi connectivity index (χ0v) is 9.10. The van der Waals surface area contributed by atoms with Gasteiger partial charge in [-0.2, -0.15) is 4.80 Å². The molecule has 2 aromatic rings. The fourth-order valence-electron chi connectivity index (χ4n) is 1.46. The number of hydrogen-bond acceptors (Lipinski definition) is 4. The van der Waals surface area contributed by atoms with Crippen molar-refractivity contribution >= 4 is 0 Å². The van der Waals surface area contributed by atoms with Crippen molar-refractivity contribution in [2.45, 2.75) is 20.4 Å². The molecule has 0 atom stereocenters. The summed E-state index contributed by atoms with van der Waals surface area (Å²) < 4.78 is 2.01. The minimum atomic E-state index is 0.574. The van der Waals surface area contributed by atoms with Gasteiger partial charge >= 0.3 is 0 Å². The predicted molar refractivity (Wildman–Crippen MR) is 55.8 cm³/mol. The van der Waals surface area contributed by atoms with Gasteiger partial charge in [-0.3, -0.25) is 4.68 Å². The third-order valence-corrected chi connectivity index (χ3v) is 2.22. The van der Waals surface area contributed by atoms with E-state index < -0.39 is 0 Å². The van der Waals surface area contributed by atoms with Gasteiger partial charge in [-0.05, 0) is 31.2 Å². The van der Waals surface area contributed by atoms with Gasteiger partial charge in [0.05, 0.1) is 13.6 Å². The molecule has 2 heterocycles.